The van der Waals surface area contributed by atoms with Crippen LogP contribution >= 0.6 is 11.8 Å². The fourth-order valence-electron chi connectivity index (χ4n) is 4.11. The lowest BCUT2D eigenvalue weighted by Crippen LogP contribution is -2.38. The molecule has 0 aliphatic carbocycles. The number of likely N-dealkylation sites (tertiary alicyclic amines) is 1. The Morgan fingerprint density at radius 3 is 2.59 bits per heavy atom. The molecule has 2 aliphatic heterocycles. The van der Waals surface area contributed by atoms with Crippen LogP contribution in [0.15, 0.2) is 52.3 Å². The number of fused-ring (bicyclic) bond motifs is 1. The first-order valence-corrected chi connectivity index (χ1v) is 13.2. The Kier molecular flexibility index (Phi) is 7.19. The summed E-state index contributed by atoms with van der Waals surface area (Å²) < 4.78 is 41.5. The molecule has 1 atom stereocenters. The normalized spacial score (nSPS) is 20.4. The van der Waals surface area contributed by atoms with Gasteiger partial charge in [-0.25, -0.2) is 17.5 Å². The van der Waals surface area contributed by atoms with E-state index in [9.17, 15) is 17.6 Å². The fraction of sp³-hybridized carbons (Fsp3) is 0.435. The molecule has 9 heteroatoms. The molecule has 0 spiro atoms. The Labute approximate surface area is 193 Å². The monoisotopic (exact) mass is 477 g/mol. The molecular weight excluding hydrogens is 449 g/mol. The van der Waals surface area contributed by atoms with Gasteiger partial charge in [-0.05, 0) is 67.7 Å². The second-order valence-corrected chi connectivity index (χ2v) is 11.8. The third-order valence-corrected chi connectivity index (χ3v) is 8.53. The zero-order valence-electron chi connectivity index (χ0n) is 18.0. The van der Waals surface area contributed by atoms with E-state index in [4.69, 9.17) is 0 Å². The molecule has 0 aromatic heterocycles. The highest BCUT2D eigenvalue weighted by Gasteiger charge is 2.24. The Hall–Kier alpha value is -1.94. The highest BCUT2D eigenvalue weighted by molar-refractivity contribution is 8.00. The third-order valence-electron chi connectivity index (χ3n) is 5.93. The van der Waals surface area contributed by atoms with Gasteiger partial charge in [-0.2, -0.15) is 0 Å². The summed E-state index contributed by atoms with van der Waals surface area (Å²) in [5.41, 5.74) is 1.63. The van der Waals surface area contributed by atoms with Crippen LogP contribution < -0.4 is 10.0 Å². The lowest BCUT2D eigenvalue weighted by molar-refractivity contribution is -0.116. The van der Waals surface area contributed by atoms with E-state index in [1.165, 1.54) is 12.1 Å². The topological polar surface area (TPSA) is 78.5 Å². The minimum absolute atomic E-state index is 0.0985. The molecule has 6 nitrogen and oxygen atoms in total. The van der Waals surface area contributed by atoms with Gasteiger partial charge in [0.05, 0.1) is 10.6 Å². The summed E-state index contributed by atoms with van der Waals surface area (Å²) in [5.74, 6) is -0.0604. The van der Waals surface area contributed by atoms with Gasteiger partial charge in [0.1, 0.15) is 5.82 Å². The molecule has 4 rings (SSSR count). The van der Waals surface area contributed by atoms with Gasteiger partial charge >= 0.3 is 0 Å². The predicted molar refractivity (Wildman–Crippen MR) is 125 cm³/mol. The molecule has 1 saturated heterocycles. The van der Waals surface area contributed by atoms with Crippen molar-refractivity contribution < 1.29 is 17.6 Å². The molecule has 2 aromatic carbocycles. The summed E-state index contributed by atoms with van der Waals surface area (Å²) in [6, 6.07) is 11.5. The number of piperidine rings is 1. The molecule has 0 saturated carbocycles. The van der Waals surface area contributed by atoms with E-state index >= 15 is 0 Å². The summed E-state index contributed by atoms with van der Waals surface area (Å²) in [7, 11) is -3.66. The predicted octanol–water partition coefficient (Wildman–Crippen LogP) is 3.84. The number of nitrogens with one attached hydrogen (secondary N) is 2. The number of amides is 1. The Bertz CT molecular complexity index is 1070. The quantitative estimate of drug-likeness (QED) is 0.661. The standard InChI is InChI=1S/C23H28FN3O3S2/c1-16-12-23(28)26-21-13-20(6-7-22(21)31-16)32(29,30)25-14-17-8-10-27(11-9-17)15-18-2-4-19(24)5-3-18/h2-7,13,16-17,25H,8-12,14-15H2,1H3,(H,26,28)/t16-/m0/s1. The molecule has 1 amide bonds. The first-order chi connectivity index (χ1) is 15.3. The lowest BCUT2D eigenvalue weighted by Gasteiger charge is -2.32. The van der Waals surface area contributed by atoms with E-state index in [1.807, 2.05) is 6.92 Å². The molecular formula is C23H28FN3O3S2. The number of sulfonamides is 1. The van der Waals surface area contributed by atoms with Crippen molar-refractivity contribution in [3.05, 3.63) is 53.8 Å². The molecule has 1 fully saturated rings. The number of hydrogen-bond donors (Lipinski definition) is 2. The second-order valence-electron chi connectivity index (χ2n) is 8.54. The van der Waals surface area contributed by atoms with Crippen molar-refractivity contribution in [1.29, 1.82) is 0 Å². The second kappa shape index (κ2) is 9.91. The number of anilines is 1. The van der Waals surface area contributed by atoms with E-state index in [1.54, 1.807) is 42.1 Å². The van der Waals surface area contributed by atoms with E-state index < -0.39 is 10.0 Å². The first-order valence-electron chi connectivity index (χ1n) is 10.9. The molecule has 2 N–H and O–H groups in total. The van der Waals surface area contributed by atoms with Gasteiger partial charge in [-0.15, -0.1) is 11.8 Å². The van der Waals surface area contributed by atoms with Crippen LogP contribution in [0.2, 0.25) is 0 Å². The number of carbonyl (C=O) groups excluding carboxylic acids is 1. The molecule has 2 aliphatic rings. The highest BCUT2D eigenvalue weighted by Crippen LogP contribution is 2.36. The summed E-state index contributed by atoms with van der Waals surface area (Å²) in [5, 5.41) is 2.96. The van der Waals surface area contributed by atoms with Crippen LogP contribution in [0.25, 0.3) is 0 Å². The van der Waals surface area contributed by atoms with Crippen LogP contribution in [0.3, 0.4) is 0 Å². The lowest BCUT2D eigenvalue weighted by atomic mass is 9.97. The van der Waals surface area contributed by atoms with Crippen LogP contribution in [-0.2, 0) is 21.4 Å². The average molecular weight is 478 g/mol. The number of nitrogens with zero attached hydrogens (tertiary/aromatic N) is 1. The van der Waals surface area contributed by atoms with Gasteiger partial charge in [0.2, 0.25) is 15.9 Å². The molecule has 2 aromatic rings. The highest BCUT2D eigenvalue weighted by atomic mass is 32.2. The number of rotatable bonds is 6. The zero-order chi connectivity index (χ0) is 22.7. The number of hydrogen-bond acceptors (Lipinski definition) is 5. The van der Waals surface area contributed by atoms with Gasteiger partial charge in [0, 0.05) is 29.7 Å². The Balaban J connectivity index is 1.31. The number of benzene rings is 2. The van der Waals surface area contributed by atoms with Crippen molar-refractivity contribution >= 4 is 33.4 Å². The van der Waals surface area contributed by atoms with Crippen LogP contribution in [0, 0.1) is 11.7 Å². The number of thioether (sulfide) groups is 1. The summed E-state index contributed by atoms with van der Waals surface area (Å²) in [6.07, 6.45) is 2.20. The largest absolute Gasteiger partial charge is 0.325 e. The van der Waals surface area contributed by atoms with E-state index in [2.05, 4.69) is 14.9 Å². The van der Waals surface area contributed by atoms with Crippen LogP contribution in [0.5, 0.6) is 0 Å². The van der Waals surface area contributed by atoms with E-state index in [0.29, 0.717) is 18.7 Å². The fourth-order valence-corrected chi connectivity index (χ4v) is 6.30. The van der Waals surface area contributed by atoms with Crippen molar-refractivity contribution in [1.82, 2.24) is 9.62 Å². The minimum Gasteiger partial charge on any atom is -0.325 e. The number of halogens is 1. The Morgan fingerprint density at radius 1 is 1.16 bits per heavy atom. The van der Waals surface area contributed by atoms with Crippen molar-refractivity contribution in [2.75, 3.05) is 25.0 Å². The molecule has 32 heavy (non-hydrogen) atoms. The molecule has 2 heterocycles. The van der Waals surface area contributed by atoms with Gasteiger partial charge < -0.3 is 5.32 Å². The van der Waals surface area contributed by atoms with Crippen molar-refractivity contribution in [3.63, 3.8) is 0 Å². The maximum Gasteiger partial charge on any atom is 0.240 e. The maximum absolute atomic E-state index is 13.1. The van der Waals surface area contributed by atoms with E-state index in [-0.39, 0.29) is 27.8 Å². The molecule has 0 unspecified atom stereocenters. The van der Waals surface area contributed by atoms with Crippen LogP contribution in [0.4, 0.5) is 10.1 Å². The van der Waals surface area contributed by atoms with Gasteiger partial charge in [-0.1, -0.05) is 19.1 Å². The van der Waals surface area contributed by atoms with Crippen molar-refractivity contribution in [2.45, 2.75) is 47.8 Å². The zero-order valence-corrected chi connectivity index (χ0v) is 19.6. The summed E-state index contributed by atoms with van der Waals surface area (Å²) in [6.45, 7) is 4.91. The SMILES string of the molecule is C[C@H]1CC(=O)Nc2cc(S(=O)(=O)NCC3CCN(Cc4ccc(F)cc4)CC3)ccc2S1. The summed E-state index contributed by atoms with van der Waals surface area (Å²) >= 11 is 1.57. The van der Waals surface area contributed by atoms with E-state index in [0.717, 1.165) is 42.9 Å². The van der Waals surface area contributed by atoms with Crippen molar-refractivity contribution in [2.24, 2.45) is 5.92 Å². The molecule has 0 radical (unpaired) electrons. The van der Waals surface area contributed by atoms with Crippen LogP contribution in [0.1, 0.15) is 31.7 Å². The minimum atomic E-state index is -3.66. The first kappa shape index (κ1) is 23.2. The number of carbonyl (C=O) groups is 1. The molecule has 172 valence electrons. The maximum atomic E-state index is 13.1. The third kappa shape index (κ3) is 5.89. The summed E-state index contributed by atoms with van der Waals surface area (Å²) in [4.78, 5) is 15.4. The smallest absolute Gasteiger partial charge is 0.240 e. The Morgan fingerprint density at radius 2 is 1.88 bits per heavy atom. The average Bonchev–Trinajstić information content (AvgIpc) is 2.90. The van der Waals surface area contributed by atoms with Crippen LogP contribution in [-0.4, -0.2) is 44.1 Å². The molecule has 0 bridgehead atoms. The van der Waals surface area contributed by atoms with Gasteiger partial charge in [-0.3, -0.25) is 9.69 Å². The van der Waals surface area contributed by atoms with Crippen molar-refractivity contribution in [3.8, 4) is 0 Å². The van der Waals surface area contributed by atoms with Gasteiger partial charge in [0.15, 0.2) is 0 Å². The van der Waals surface area contributed by atoms with Gasteiger partial charge in [0.25, 0.3) is 0 Å².